The van der Waals surface area contributed by atoms with Crippen LogP contribution in [0.15, 0.2) is 10.9 Å². The van der Waals surface area contributed by atoms with Gasteiger partial charge in [-0.15, -0.1) is 0 Å². The van der Waals surface area contributed by atoms with Gasteiger partial charge >= 0.3 is 5.97 Å². The van der Waals surface area contributed by atoms with E-state index in [2.05, 4.69) is 4.74 Å². The number of hydrogen-bond donors (Lipinski definition) is 2. The van der Waals surface area contributed by atoms with Crippen LogP contribution in [0.5, 0.6) is 0 Å². The molecule has 7 heteroatoms. The number of rotatable bonds is 4. The van der Waals surface area contributed by atoms with E-state index in [9.17, 15) is 18.4 Å². The Kier molecular flexibility index (Phi) is 4.33. The van der Waals surface area contributed by atoms with Crippen LogP contribution in [0.25, 0.3) is 0 Å². The van der Waals surface area contributed by atoms with E-state index in [1.165, 1.54) is 0 Å². The zero-order valence-corrected chi connectivity index (χ0v) is 9.13. The molecule has 0 unspecified atom stereocenters. The number of carbonyl (C=O) groups is 1. The molecule has 0 aromatic carbocycles. The van der Waals surface area contributed by atoms with Gasteiger partial charge in [-0.25, -0.2) is 13.6 Å². The number of carbonyl (C=O) groups excluding carboxylic acids is 1. The van der Waals surface area contributed by atoms with Crippen LogP contribution in [0.4, 0.5) is 8.78 Å². The SMILES string of the molecule is CCOC(=O)c1cc(C(F)F)[nH]c(=O)c1CN. The largest absolute Gasteiger partial charge is 0.462 e. The third kappa shape index (κ3) is 2.88. The third-order valence-corrected chi connectivity index (χ3v) is 2.09. The number of pyridine rings is 1. The number of nitrogens with two attached hydrogens (primary N) is 1. The van der Waals surface area contributed by atoms with Gasteiger partial charge in [-0.1, -0.05) is 0 Å². The lowest BCUT2D eigenvalue weighted by molar-refractivity contribution is 0.0524. The van der Waals surface area contributed by atoms with Gasteiger partial charge in [0.1, 0.15) is 0 Å². The molecule has 0 atom stereocenters. The number of ether oxygens (including phenoxy) is 1. The minimum absolute atomic E-state index is 0.0622. The average Bonchev–Trinajstić information content (AvgIpc) is 2.28. The highest BCUT2D eigenvalue weighted by Gasteiger charge is 2.19. The number of nitrogens with one attached hydrogen (secondary N) is 1. The summed E-state index contributed by atoms with van der Waals surface area (Å²) in [6.07, 6.45) is -2.87. The van der Waals surface area contributed by atoms with Crippen LogP contribution in [0, 0.1) is 0 Å². The maximum absolute atomic E-state index is 12.5. The van der Waals surface area contributed by atoms with Gasteiger partial charge in [-0.2, -0.15) is 0 Å². The molecule has 1 aromatic rings. The van der Waals surface area contributed by atoms with Gasteiger partial charge < -0.3 is 15.5 Å². The predicted octanol–water partition coefficient (Wildman–Crippen LogP) is 0.948. The molecule has 3 N–H and O–H groups in total. The Balaban J connectivity index is 3.34. The van der Waals surface area contributed by atoms with Crippen molar-refractivity contribution in [3.8, 4) is 0 Å². The summed E-state index contributed by atoms with van der Waals surface area (Å²) in [7, 11) is 0. The molecule has 0 amide bonds. The second-order valence-corrected chi connectivity index (χ2v) is 3.17. The van der Waals surface area contributed by atoms with Crippen molar-refractivity contribution in [3.63, 3.8) is 0 Å². The highest BCUT2D eigenvalue weighted by molar-refractivity contribution is 5.91. The second-order valence-electron chi connectivity index (χ2n) is 3.17. The van der Waals surface area contributed by atoms with Crippen LogP contribution in [-0.4, -0.2) is 17.6 Å². The van der Waals surface area contributed by atoms with Gasteiger partial charge in [0.05, 0.1) is 17.9 Å². The molecule has 1 rings (SSSR count). The number of H-pyrrole nitrogens is 1. The van der Waals surface area contributed by atoms with E-state index in [1.54, 1.807) is 6.92 Å². The lowest BCUT2D eigenvalue weighted by Gasteiger charge is -2.08. The van der Waals surface area contributed by atoms with Crippen LogP contribution in [-0.2, 0) is 11.3 Å². The van der Waals surface area contributed by atoms with Crippen molar-refractivity contribution in [1.29, 1.82) is 0 Å². The van der Waals surface area contributed by atoms with E-state index in [1.807, 2.05) is 4.98 Å². The normalized spacial score (nSPS) is 10.6. The second kappa shape index (κ2) is 5.53. The van der Waals surface area contributed by atoms with Gasteiger partial charge in [-0.3, -0.25) is 4.79 Å². The Morgan fingerprint density at radius 3 is 2.71 bits per heavy atom. The molecule has 17 heavy (non-hydrogen) atoms. The summed E-state index contributed by atoms with van der Waals surface area (Å²) < 4.78 is 29.6. The first-order valence-corrected chi connectivity index (χ1v) is 4.92. The minimum atomic E-state index is -2.87. The summed E-state index contributed by atoms with van der Waals surface area (Å²) in [5.41, 5.74) is 3.59. The molecule has 0 saturated carbocycles. The van der Waals surface area contributed by atoms with Crippen molar-refractivity contribution in [3.05, 3.63) is 33.2 Å². The number of esters is 1. The Hall–Kier alpha value is -1.76. The molecule has 0 spiro atoms. The summed E-state index contributed by atoms with van der Waals surface area (Å²) in [5.74, 6) is -0.832. The maximum Gasteiger partial charge on any atom is 0.338 e. The standard InChI is InChI=1S/C10H12F2N2O3/c1-2-17-10(16)5-3-7(8(11)12)14-9(15)6(5)4-13/h3,8H,2,4,13H2,1H3,(H,14,15). The van der Waals surface area contributed by atoms with Crippen molar-refractivity contribution in [2.24, 2.45) is 5.73 Å². The topological polar surface area (TPSA) is 85.2 Å². The van der Waals surface area contributed by atoms with Crippen LogP contribution in [0.3, 0.4) is 0 Å². The molecule has 0 aliphatic rings. The molecule has 0 radical (unpaired) electrons. The van der Waals surface area contributed by atoms with Crippen LogP contribution < -0.4 is 11.3 Å². The summed E-state index contributed by atoms with van der Waals surface area (Å²) in [6, 6.07) is 0.895. The van der Waals surface area contributed by atoms with Gasteiger partial charge in [0.25, 0.3) is 12.0 Å². The summed E-state index contributed by atoms with van der Waals surface area (Å²) in [5, 5.41) is 0. The van der Waals surface area contributed by atoms with Gasteiger partial charge in [0, 0.05) is 12.1 Å². The van der Waals surface area contributed by atoms with Crippen LogP contribution in [0.1, 0.15) is 35.0 Å². The van der Waals surface area contributed by atoms with Gasteiger partial charge in [0.15, 0.2) is 0 Å². The molecule has 0 saturated heterocycles. The van der Waals surface area contributed by atoms with E-state index in [0.29, 0.717) is 0 Å². The average molecular weight is 246 g/mol. The number of halogens is 2. The fourth-order valence-electron chi connectivity index (χ4n) is 1.32. The first-order valence-electron chi connectivity index (χ1n) is 4.92. The molecule has 5 nitrogen and oxygen atoms in total. The number of aromatic nitrogens is 1. The van der Waals surface area contributed by atoms with Crippen molar-refractivity contribution in [2.45, 2.75) is 19.9 Å². The molecule has 1 heterocycles. The summed E-state index contributed by atoms with van der Waals surface area (Å²) >= 11 is 0. The van der Waals surface area contributed by atoms with Crippen molar-refractivity contribution in [2.75, 3.05) is 6.61 Å². The lowest BCUT2D eigenvalue weighted by Crippen LogP contribution is -2.23. The number of alkyl halides is 2. The Morgan fingerprint density at radius 1 is 1.59 bits per heavy atom. The van der Waals surface area contributed by atoms with E-state index < -0.39 is 23.6 Å². The molecular formula is C10H12F2N2O3. The Bertz CT molecular complexity index is 471. The molecule has 0 bridgehead atoms. The quantitative estimate of drug-likeness (QED) is 0.774. The van der Waals surface area contributed by atoms with E-state index in [-0.39, 0.29) is 24.3 Å². The maximum atomic E-state index is 12.5. The lowest BCUT2D eigenvalue weighted by atomic mass is 10.1. The van der Waals surface area contributed by atoms with E-state index in [0.717, 1.165) is 6.07 Å². The van der Waals surface area contributed by atoms with E-state index in [4.69, 9.17) is 5.73 Å². The van der Waals surface area contributed by atoms with Gasteiger partial charge in [0.2, 0.25) is 0 Å². The first kappa shape index (κ1) is 13.3. The summed E-state index contributed by atoms with van der Waals surface area (Å²) in [6.45, 7) is 1.42. The highest BCUT2D eigenvalue weighted by atomic mass is 19.3. The Labute approximate surface area is 95.6 Å². The first-order chi connectivity index (χ1) is 8.01. The monoisotopic (exact) mass is 246 g/mol. The Morgan fingerprint density at radius 2 is 2.24 bits per heavy atom. The van der Waals surface area contributed by atoms with Crippen molar-refractivity contribution < 1.29 is 18.3 Å². The molecular weight excluding hydrogens is 234 g/mol. The van der Waals surface area contributed by atoms with Crippen LogP contribution in [0.2, 0.25) is 0 Å². The summed E-state index contributed by atoms with van der Waals surface area (Å²) in [4.78, 5) is 24.9. The third-order valence-electron chi connectivity index (χ3n) is 2.09. The zero-order valence-electron chi connectivity index (χ0n) is 9.13. The smallest absolute Gasteiger partial charge is 0.338 e. The molecule has 1 aromatic heterocycles. The van der Waals surface area contributed by atoms with Crippen molar-refractivity contribution in [1.82, 2.24) is 4.98 Å². The predicted molar refractivity (Wildman–Crippen MR) is 55.9 cm³/mol. The highest BCUT2D eigenvalue weighted by Crippen LogP contribution is 2.17. The fraction of sp³-hybridized carbons (Fsp3) is 0.400. The fourth-order valence-corrected chi connectivity index (χ4v) is 1.32. The van der Waals surface area contributed by atoms with Gasteiger partial charge in [-0.05, 0) is 13.0 Å². The van der Waals surface area contributed by atoms with Crippen molar-refractivity contribution >= 4 is 5.97 Å². The van der Waals surface area contributed by atoms with E-state index >= 15 is 0 Å². The number of hydrogen-bond acceptors (Lipinski definition) is 4. The minimum Gasteiger partial charge on any atom is -0.462 e. The molecule has 0 aliphatic carbocycles. The zero-order chi connectivity index (χ0) is 13.0. The molecule has 0 aliphatic heterocycles. The molecule has 94 valence electrons. The number of aromatic amines is 1. The van der Waals surface area contributed by atoms with Crippen LogP contribution >= 0.6 is 0 Å². The molecule has 0 fully saturated rings.